The van der Waals surface area contributed by atoms with E-state index in [1.807, 2.05) is 4.90 Å². The summed E-state index contributed by atoms with van der Waals surface area (Å²) in [6.07, 6.45) is 4.97. The van der Waals surface area contributed by atoms with Crippen LogP contribution in [0.1, 0.15) is 25.7 Å². The van der Waals surface area contributed by atoms with E-state index in [0.29, 0.717) is 12.6 Å². The Hall–Kier alpha value is -0.570. The Balaban J connectivity index is 1.95. The fraction of sp³-hybridized carbons (Fsp3) is 0.889. The van der Waals surface area contributed by atoms with E-state index in [4.69, 9.17) is 4.74 Å². The summed E-state index contributed by atoms with van der Waals surface area (Å²) in [7, 11) is 0. The van der Waals surface area contributed by atoms with Crippen molar-refractivity contribution in [3.8, 4) is 0 Å². The van der Waals surface area contributed by atoms with Gasteiger partial charge in [-0.25, -0.2) is 0 Å². The lowest BCUT2D eigenvalue weighted by atomic mass is 10.2. The van der Waals surface area contributed by atoms with Crippen molar-refractivity contribution in [2.45, 2.75) is 31.7 Å². The molecule has 3 heteroatoms. The fourth-order valence-electron chi connectivity index (χ4n) is 2.13. The summed E-state index contributed by atoms with van der Waals surface area (Å²) in [4.78, 5) is 13.4. The van der Waals surface area contributed by atoms with Gasteiger partial charge in [-0.2, -0.15) is 0 Å². The monoisotopic (exact) mass is 169 g/mol. The maximum Gasteiger partial charge on any atom is 0.248 e. The predicted molar refractivity (Wildman–Crippen MR) is 44.8 cm³/mol. The normalized spacial score (nSPS) is 26.7. The molecule has 0 aromatic carbocycles. The Morgan fingerprint density at radius 3 is 2.75 bits per heavy atom. The van der Waals surface area contributed by atoms with E-state index in [1.165, 1.54) is 25.7 Å². The van der Waals surface area contributed by atoms with Crippen LogP contribution in [-0.4, -0.2) is 36.6 Å². The van der Waals surface area contributed by atoms with Crippen LogP contribution in [-0.2, 0) is 9.53 Å². The second-order valence-electron chi connectivity index (χ2n) is 3.58. The van der Waals surface area contributed by atoms with Crippen LogP contribution in [0.15, 0.2) is 0 Å². The Bertz CT molecular complexity index is 175. The molecule has 2 rings (SSSR count). The molecule has 0 spiro atoms. The van der Waals surface area contributed by atoms with Crippen LogP contribution in [0.4, 0.5) is 0 Å². The van der Waals surface area contributed by atoms with Crippen molar-refractivity contribution in [2.75, 3.05) is 19.8 Å². The van der Waals surface area contributed by atoms with Crippen molar-refractivity contribution in [3.63, 3.8) is 0 Å². The number of carbonyl (C=O) groups excluding carboxylic acids is 1. The smallest absolute Gasteiger partial charge is 0.248 e. The van der Waals surface area contributed by atoms with Gasteiger partial charge in [-0.3, -0.25) is 4.79 Å². The lowest BCUT2D eigenvalue weighted by Crippen LogP contribution is -2.46. The number of hydrogen-bond donors (Lipinski definition) is 0. The Kier molecular flexibility index (Phi) is 2.30. The highest BCUT2D eigenvalue weighted by molar-refractivity contribution is 5.78. The van der Waals surface area contributed by atoms with E-state index in [0.717, 1.165) is 13.2 Å². The quantitative estimate of drug-likeness (QED) is 0.580. The average molecular weight is 169 g/mol. The minimum atomic E-state index is 0.188. The van der Waals surface area contributed by atoms with Gasteiger partial charge in [-0.1, -0.05) is 12.8 Å². The zero-order chi connectivity index (χ0) is 8.39. The average Bonchev–Trinajstić information content (AvgIpc) is 2.57. The van der Waals surface area contributed by atoms with Crippen molar-refractivity contribution in [3.05, 3.63) is 0 Å². The van der Waals surface area contributed by atoms with Crippen molar-refractivity contribution in [2.24, 2.45) is 0 Å². The summed E-state index contributed by atoms with van der Waals surface area (Å²) < 4.78 is 5.08. The van der Waals surface area contributed by atoms with E-state index in [1.54, 1.807) is 0 Å². The highest BCUT2D eigenvalue weighted by Crippen LogP contribution is 2.24. The summed E-state index contributed by atoms with van der Waals surface area (Å²) in [5, 5.41) is 0. The molecular weight excluding hydrogens is 154 g/mol. The first-order valence-corrected chi connectivity index (χ1v) is 4.75. The van der Waals surface area contributed by atoms with Crippen LogP contribution in [0, 0.1) is 0 Å². The largest absolute Gasteiger partial charge is 0.370 e. The van der Waals surface area contributed by atoms with Crippen LogP contribution in [0.5, 0.6) is 0 Å². The molecule has 2 aliphatic rings. The molecule has 1 saturated heterocycles. The van der Waals surface area contributed by atoms with Gasteiger partial charge in [0.1, 0.15) is 6.61 Å². The summed E-state index contributed by atoms with van der Waals surface area (Å²) in [6.45, 7) is 1.84. The van der Waals surface area contributed by atoms with Gasteiger partial charge in [0.05, 0.1) is 6.61 Å². The summed E-state index contributed by atoms with van der Waals surface area (Å²) in [5.41, 5.74) is 0. The highest BCUT2D eigenvalue weighted by atomic mass is 16.5. The highest BCUT2D eigenvalue weighted by Gasteiger charge is 2.28. The van der Waals surface area contributed by atoms with Crippen LogP contribution >= 0.6 is 0 Å². The van der Waals surface area contributed by atoms with E-state index >= 15 is 0 Å². The van der Waals surface area contributed by atoms with Gasteiger partial charge in [0.25, 0.3) is 0 Å². The zero-order valence-electron chi connectivity index (χ0n) is 7.29. The van der Waals surface area contributed by atoms with Crippen molar-refractivity contribution in [1.82, 2.24) is 4.90 Å². The van der Waals surface area contributed by atoms with Gasteiger partial charge in [-0.05, 0) is 12.8 Å². The maximum absolute atomic E-state index is 11.4. The molecule has 2 fully saturated rings. The molecular formula is C9H15NO2. The predicted octanol–water partition coefficient (Wildman–Crippen LogP) is 0.788. The Morgan fingerprint density at radius 2 is 2.08 bits per heavy atom. The third-order valence-electron chi connectivity index (χ3n) is 2.79. The summed E-state index contributed by atoms with van der Waals surface area (Å²) in [6, 6.07) is 0.529. The van der Waals surface area contributed by atoms with Crippen molar-refractivity contribution < 1.29 is 9.53 Å². The molecule has 68 valence electrons. The van der Waals surface area contributed by atoms with E-state index in [-0.39, 0.29) is 5.91 Å². The van der Waals surface area contributed by atoms with Gasteiger partial charge >= 0.3 is 0 Å². The molecule has 0 unspecified atom stereocenters. The van der Waals surface area contributed by atoms with Crippen LogP contribution in [0.25, 0.3) is 0 Å². The second kappa shape index (κ2) is 3.44. The number of rotatable bonds is 1. The molecule has 12 heavy (non-hydrogen) atoms. The van der Waals surface area contributed by atoms with Gasteiger partial charge in [-0.15, -0.1) is 0 Å². The minimum absolute atomic E-state index is 0.188. The number of ether oxygens (including phenoxy) is 1. The number of hydrogen-bond acceptors (Lipinski definition) is 2. The number of morpholine rings is 1. The molecule has 1 saturated carbocycles. The molecule has 0 aromatic rings. The first-order valence-electron chi connectivity index (χ1n) is 4.75. The Morgan fingerprint density at radius 1 is 1.33 bits per heavy atom. The van der Waals surface area contributed by atoms with E-state index in [9.17, 15) is 4.79 Å². The molecule has 1 aliphatic carbocycles. The van der Waals surface area contributed by atoms with Gasteiger partial charge in [0.15, 0.2) is 0 Å². The molecule has 0 atom stereocenters. The SMILES string of the molecule is O=C1COCCN1C1CCCC1. The minimum Gasteiger partial charge on any atom is -0.370 e. The molecule has 0 bridgehead atoms. The van der Waals surface area contributed by atoms with Crippen molar-refractivity contribution in [1.29, 1.82) is 0 Å². The number of carbonyl (C=O) groups is 1. The fourth-order valence-corrected chi connectivity index (χ4v) is 2.13. The lowest BCUT2D eigenvalue weighted by Gasteiger charge is -2.32. The second-order valence-corrected chi connectivity index (χ2v) is 3.58. The van der Waals surface area contributed by atoms with Crippen LogP contribution in [0.2, 0.25) is 0 Å². The molecule has 0 radical (unpaired) electrons. The molecule has 0 N–H and O–H groups in total. The third kappa shape index (κ3) is 1.46. The van der Waals surface area contributed by atoms with E-state index in [2.05, 4.69) is 0 Å². The van der Waals surface area contributed by atoms with Gasteiger partial charge in [0, 0.05) is 12.6 Å². The molecule has 3 nitrogen and oxygen atoms in total. The number of nitrogens with zero attached hydrogens (tertiary/aromatic N) is 1. The summed E-state index contributed by atoms with van der Waals surface area (Å²) >= 11 is 0. The Labute approximate surface area is 72.7 Å². The summed E-state index contributed by atoms with van der Waals surface area (Å²) in [5.74, 6) is 0.188. The maximum atomic E-state index is 11.4. The third-order valence-corrected chi connectivity index (χ3v) is 2.79. The molecule has 1 heterocycles. The molecule has 0 aromatic heterocycles. The standard InChI is InChI=1S/C9H15NO2/c11-9-7-12-6-5-10(9)8-3-1-2-4-8/h8H,1-7H2. The molecule has 1 aliphatic heterocycles. The van der Waals surface area contributed by atoms with E-state index < -0.39 is 0 Å². The van der Waals surface area contributed by atoms with Gasteiger partial charge in [0.2, 0.25) is 5.91 Å². The van der Waals surface area contributed by atoms with Crippen molar-refractivity contribution >= 4 is 5.91 Å². The number of amides is 1. The van der Waals surface area contributed by atoms with Crippen LogP contribution in [0.3, 0.4) is 0 Å². The van der Waals surface area contributed by atoms with Crippen LogP contribution < -0.4 is 0 Å². The zero-order valence-corrected chi connectivity index (χ0v) is 7.29. The van der Waals surface area contributed by atoms with Gasteiger partial charge < -0.3 is 9.64 Å². The molecule has 1 amide bonds. The topological polar surface area (TPSA) is 29.5 Å². The lowest BCUT2D eigenvalue weighted by molar-refractivity contribution is -0.145. The first kappa shape index (κ1) is 8.05. The first-order chi connectivity index (χ1) is 5.88.